The number of fused-ring (bicyclic) bond motifs is 1. The molecule has 210 valence electrons. The molecule has 0 fully saturated rings. The first-order valence-electron chi connectivity index (χ1n) is 12.1. The minimum atomic E-state index is -4.51. The maximum atomic E-state index is 13.0. The van der Waals surface area contributed by atoms with Crippen molar-refractivity contribution in [3.63, 3.8) is 0 Å². The molecule has 2 atom stereocenters. The van der Waals surface area contributed by atoms with Gasteiger partial charge in [-0.25, -0.2) is 4.79 Å². The van der Waals surface area contributed by atoms with Gasteiger partial charge in [-0.3, -0.25) is 4.79 Å². The summed E-state index contributed by atoms with van der Waals surface area (Å²) in [6, 6.07) is 18.1. The van der Waals surface area contributed by atoms with Crippen LogP contribution in [-0.2, 0) is 16.0 Å². The molecule has 0 saturated heterocycles. The summed E-state index contributed by atoms with van der Waals surface area (Å²) in [6.07, 6.45) is -7.79. The van der Waals surface area contributed by atoms with Crippen molar-refractivity contribution >= 4 is 34.5 Å². The highest BCUT2D eigenvalue weighted by Crippen LogP contribution is 2.24. The van der Waals surface area contributed by atoms with E-state index in [9.17, 15) is 33.1 Å². The molecule has 0 radical (unpaired) electrons. The number of nitrogens with one attached hydrogen (secondary N) is 1. The van der Waals surface area contributed by atoms with Gasteiger partial charge in [-0.1, -0.05) is 52.8 Å². The molecule has 40 heavy (non-hydrogen) atoms. The molecule has 1 amide bonds. The molecule has 0 saturated carbocycles. The highest BCUT2D eigenvalue weighted by Gasteiger charge is 2.29. The second-order valence-electron chi connectivity index (χ2n) is 9.05. The maximum Gasteiger partial charge on any atom is 0.392 e. The van der Waals surface area contributed by atoms with Crippen LogP contribution in [0.4, 0.5) is 13.2 Å². The number of aliphatic hydroxyl groups is 1. The Bertz CT molecular complexity index is 1490. The highest BCUT2D eigenvalue weighted by molar-refractivity contribution is 6.30. The number of alkyl halides is 3. The fourth-order valence-corrected chi connectivity index (χ4v) is 4.22. The summed E-state index contributed by atoms with van der Waals surface area (Å²) in [4.78, 5) is 25.7. The SMILES string of the molecule is O=C(NC(Cc1ccc(-c2cccc(Cl)c2)cc1)CC(O)C(=O)OCCC(F)(F)F)c1ccc2nnn(O)c2c1. The van der Waals surface area contributed by atoms with Crippen molar-refractivity contribution in [1.82, 2.24) is 20.5 Å². The van der Waals surface area contributed by atoms with Crippen LogP contribution < -0.4 is 5.32 Å². The van der Waals surface area contributed by atoms with Crippen LogP contribution in [0.3, 0.4) is 0 Å². The number of carbonyl (C=O) groups excluding carboxylic acids is 2. The number of benzene rings is 3. The van der Waals surface area contributed by atoms with E-state index in [0.717, 1.165) is 16.7 Å². The number of halogens is 4. The topological polar surface area (TPSA) is 127 Å². The summed E-state index contributed by atoms with van der Waals surface area (Å²) >= 11 is 6.08. The number of hydrogen-bond acceptors (Lipinski definition) is 7. The standard InChI is InChI=1S/C27H24ClF3N4O5/c28-20-3-1-2-18(13-20)17-6-4-16(5-7-17)12-21(15-24(36)26(38)40-11-10-27(29,30)31)32-25(37)19-8-9-22-23(14-19)35(39)34-33-22/h1-9,13-14,21,24,36,39H,10-12,15H2,(H,32,37). The zero-order valence-electron chi connectivity index (χ0n) is 20.8. The van der Waals surface area contributed by atoms with Gasteiger partial charge < -0.3 is 20.4 Å². The number of aliphatic hydroxyl groups excluding tert-OH is 1. The molecule has 1 aromatic heterocycles. The Morgan fingerprint density at radius 2 is 1.80 bits per heavy atom. The molecular weight excluding hydrogens is 553 g/mol. The van der Waals surface area contributed by atoms with Crippen molar-refractivity contribution in [2.75, 3.05) is 6.61 Å². The van der Waals surface area contributed by atoms with Gasteiger partial charge in [0.15, 0.2) is 6.10 Å². The predicted octanol–water partition coefficient (Wildman–Crippen LogP) is 4.58. The second-order valence-corrected chi connectivity index (χ2v) is 9.48. The van der Waals surface area contributed by atoms with Gasteiger partial charge in [0.1, 0.15) is 17.6 Å². The first-order valence-corrected chi connectivity index (χ1v) is 12.5. The van der Waals surface area contributed by atoms with Crippen LogP contribution in [0.1, 0.15) is 28.8 Å². The molecule has 1 heterocycles. The van der Waals surface area contributed by atoms with Gasteiger partial charge in [-0.2, -0.15) is 13.2 Å². The van der Waals surface area contributed by atoms with E-state index in [0.29, 0.717) is 15.4 Å². The molecule has 4 aromatic rings. The van der Waals surface area contributed by atoms with Crippen LogP contribution in [0.5, 0.6) is 0 Å². The van der Waals surface area contributed by atoms with Crippen molar-refractivity contribution in [1.29, 1.82) is 0 Å². The number of aromatic nitrogens is 3. The molecule has 2 unspecified atom stereocenters. The van der Waals surface area contributed by atoms with Gasteiger partial charge in [0.2, 0.25) is 0 Å². The number of rotatable bonds is 10. The zero-order valence-corrected chi connectivity index (χ0v) is 21.6. The number of nitrogens with zero attached hydrogens (tertiary/aromatic N) is 3. The first kappa shape index (κ1) is 28.8. The number of ether oxygens (including phenoxy) is 1. The van der Waals surface area contributed by atoms with Crippen LogP contribution >= 0.6 is 11.6 Å². The third-order valence-corrected chi connectivity index (χ3v) is 6.26. The lowest BCUT2D eigenvalue weighted by Gasteiger charge is -2.22. The molecule has 3 aromatic carbocycles. The molecular formula is C27H24ClF3N4O5. The Kier molecular flexibility index (Phi) is 8.90. The maximum absolute atomic E-state index is 13.0. The molecule has 0 aliphatic rings. The van der Waals surface area contributed by atoms with Gasteiger partial charge in [-0.05, 0) is 58.7 Å². The lowest BCUT2D eigenvalue weighted by molar-refractivity contribution is -0.166. The van der Waals surface area contributed by atoms with Crippen molar-refractivity contribution in [3.8, 4) is 11.1 Å². The minimum Gasteiger partial charge on any atom is -0.463 e. The van der Waals surface area contributed by atoms with Gasteiger partial charge in [0, 0.05) is 23.0 Å². The van der Waals surface area contributed by atoms with E-state index in [1.807, 2.05) is 42.5 Å². The largest absolute Gasteiger partial charge is 0.463 e. The van der Waals surface area contributed by atoms with E-state index in [4.69, 9.17) is 11.6 Å². The summed E-state index contributed by atoms with van der Waals surface area (Å²) in [7, 11) is 0. The van der Waals surface area contributed by atoms with E-state index in [2.05, 4.69) is 20.4 Å². The van der Waals surface area contributed by atoms with Crippen molar-refractivity contribution < 1.29 is 37.8 Å². The Morgan fingerprint density at radius 3 is 2.50 bits per heavy atom. The van der Waals surface area contributed by atoms with Gasteiger partial charge in [0.05, 0.1) is 6.42 Å². The van der Waals surface area contributed by atoms with Gasteiger partial charge in [-0.15, -0.1) is 5.10 Å². The van der Waals surface area contributed by atoms with Crippen molar-refractivity contribution in [3.05, 3.63) is 82.9 Å². The average molecular weight is 577 g/mol. The third kappa shape index (κ3) is 7.70. The fourth-order valence-electron chi connectivity index (χ4n) is 4.03. The molecule has 9 nitrogen and oxygen atoms in total. The Labute approximate surface area is 231 Å². The van der Waals surface area contributed by atoms with E-state index in [-0.39, 0.29) is 23.9 Å². The third-order valence-electron chi connectivity index (χ3n) is 6.03. The lowest BCUT2D eigenvalue weighted by Crippen LogP contribution is -2.41. The summed E-state index contributed by atoms with van der Waals surface area (Å²) < 4.78 is 41.7. The number of carbonyl (C=O) groups is 2. The van der Waals surface area contributed by atoms with E-state index >= 15 is 0 Å². The Hall–Kier alpha value is -4.16. The summed E-state index contributed by atoms with van der Waals surface area (Å²) in [6.45, 7) is -0.926. The molecule has 0 spiro atoms. The van der Waals surface area contributed by atoms with Gasteiger partial charge in [0.25, 0.3) is 5.91 Å². The van der Waals surface area contributed by atoms with Gasteiger partial charge >= 0.3 is 12.1 Å². The second kappa shape index (κ2) is 12.3. The Morgan fingerprint density at radius 1 is 1.05 bits per heavy atom. The first-order chi connectivity index (χ1) is 19.0. The lowest BCUT2D eigenvalue weighted by atomic mass is 9.97. The monoisotopic (exact) mass is 576 g/mol. The number of esters is 1. The molecule has 0 aliphatic carbocycles. The predicted molar refractivity (Wildman–Crippen MR) is 139 cm³/mol. The summed E-state index contributed by atoms with van der Waals surface area (Å²) in [5, 5.41) is 30.7. The van der Waals surface area contributed by atoms with Crippen molar-refractivity contribution in [2.45, 2.75) is 37.6 Å². The minimum absolute atomic E-state index is 0.147. The van der Waals surface area contributed by atoms with Crippen LogP contribution in [-0.4, -0.2) is 62.3 Å². The number of hydrogen-bond donors (Lipinski definition) is 3. The molecule has 4 rings (SSSR count). The zero-order chi connectivity index (χ0) is 28.9. The quantitative estimate of drug-likeness (QED) is 0.186. The average Bonchev–Trinajstić information content (AvgIpc) is 3.28. The highest BCUT2D eigenvalue weighted by atomic mass is 35.5. The van der Waals surface area contributed by atoms with E-state index in [1.165, 1.54) is 18.2 Å². The summed E-state index contributed by atoms with van der Waals surface area (Å²) in [5.41, 5.74) is 3.23. The van der Waals surface area contributed by atoms with Crippen LogP contribution in [0.25, 0.3) is 22.2 Å². The molecule has 13 heteroatoms. The van der Waals surface area contributed by atoms with Crippen molar-refractivity contribution in [2.24, 2.45) is 0 Å². The fraction of sp³-hybridized carbons (Fsp3) is 0.259. The molecule has 0 aliphatic heterocycles. The van der Waals surface area contributed by atoms with Crippen LogP contribution in [0.2, 0.25) is 5.02 Å². The Balaban J connectivity index is 1.49. The summed E-state index contributed by atoms with van der Waals surface area (Å²) in [5.74, 6) is -1.81. The smallest absolute Gasteiger partial charge is 0.392 e. The van der Waals surface area contributed by atoms with E-state index in [1.54, 1.807) is 6.07 Å². The molecule has 0 bridgehead atoms. The molecule has 3 N–H and O–H groups in total. The van der Waals surface area contributed by atoms with Crippen LogP contribution in [0, 0.1) is 0 Å². The number of amides is 1. The van der Waals surface area contributed by atoms with Crippen LogP contribution in [0.15, 0.2) is 66.7 Å². The van der Waals surface area contributed by atoms with E-state index < -0.39 is 43.2 Å². The normalized spacial score (nSPS) is 13.1.